The van der Waals surface area contributed by atoms with Crippen molar-refractivity contribution < 1.29 is 4.42 Å². The molecular weight excluding hydrogens is 625 g/mol. The third-order valence-corrected chi connectivity index (χ3v) is 9.19. The van der Waals surface area contributed by atoms with Gasteiger partial charge in [-0.25, -0.2) is 0 Å². The first-order valence-electron chi connectivity index (χ1n) is 17.0. The van der Waals surface area contributed by atoms with Crippen LogP contribution < -0.4 is 9.80 Å². The molecule has 0 unspecified atom stereocenters. The molecular formula is C46H32N4O. The summed E-state index contributed by atoms with van der Waals surface area (Å²) in [6.07, 6.45) is 0. The van der Waals surface area contributed by atoms with Crippen LogP contribution in [0.2, 0.25) is 0 Å². The summed E-state index contributed by atoms with van der Waals surface area (Å²) in [7, 11) is 0. The Balaban J connectivity index is 1.22. The van der Waals surface area contributed by atoms with E-state index in [0.29, 0.717) is 11.8 Å². The molecule has 1 aromatic heterocycles. The first-order chi connectivity index (χ1) is 25.3. The van der Waals surface area contributed by atoms with Gasteiger partial charge in [-0.15, -0.1) is 10.2 Å². The number of nitrogens with zero attached hydrogens (tertiary/aromatic N) is 4. The molecule has 0 saturated heterocycles. The van der Waals surface area contributed by atoms with E-state index in [1.807, 2.05) is 48.5 Å². The number of fused-ring (bicyclic) bond motifs is 2. The van der Waals surface area contributed by atoms with Crippen LogP contribution in [0.3, 0.4) is 0 Å². The lowest BCUT2D eigenvalue weighted by atomic mass is 10.0. The average Bonchev–Trinajstić information content (AvgIpc) is 3.71. The third-order valence-electron chi connectivity index (χ3n) is 9.19. The zero-order chi connectivity index (χ0) is 34.0. The van der Waals surface area contributed by atoms with Crippen molar-refractivity contribution in [3.63, 3.8) is 0 Å². The minimum absolute atomic E-state index is 0.470. The second-order valence-corrected chi connectivity index (χ2v) is 12.3. The lowest BCUT2D eigenvalue weighted by Gasteiger charge is -2.31. The van der Waals surface area contributed by atoms with E-state index in [1.165, 1.54) is 10.8 Å². The van der Waals surface area contributed by atoms with Crippen molar-refractivity contribution >= 4 is 55.7 Å². The zero-order valence-electron chi connectivity index (χ0n) is 27.7. The second kappa shape index (κ2) is 13.1. The van der Waals surface area contributed by atoms with Crippen LogP contribution in [0.1, 0.15) is 0 Å². The normalized spacial score (nSPS) is 11.1. The average molecular weight is 657 g/mol. The minimum atomic E-state index is 0.470. The van der Waals surface area contributed by atoms with Crippen LogP contribution >= 0.6 is 0 Å². The van der Waals surface area contributed by atoms with Crippen LogP contribution in [0.25, 0.3) is 44.5 Å². The molecule has 0 saturated carbocycles. The van der Waals surface area contributed by atoms with Gasteiger partial charge >= 0.3 is 0 Å². The number of anilines is 6. The lowest BCUT2D eigenvalue weighted by molar-refractivity contribution is 0.584. The highest BCUT2D eigenvalue weighted by atomic mass is 16.4. The van der Waals surface area contributed by atoms with Gasteiger partial charge in [0, 0.05) is 44.3 Å². The Hall–Kier alpha value is -6.98. The van der Waals surface area contributed by atoms with Gasteiger partial charge in [0.05, 0.1) is 17.1 Å². The van der Waals surface area contributed by atoms with E-state index in [1.54, 1.807) is 0 Å². The van der Waals surface area contributed by atoms with Crippen LogP contribution in [-0.4, -0.2) is 10.2 Å². The molecule has 242 valence electrons. The molecule has 0 amide bonds. The fraction of sp³-hybridized carbons (Fsp3) is 0. The molecule has 5 heteroatoms. The lowest BCUT2D eigenvalue weighted by Crippen LogP contribution is -2.13. The summed E-state index contributed by atoms with van der Waals surface area (Å²) in [6, 6.07) is 67.5. The Morgan fingerprint density at radius 2 is 0.784 bits per heavy atom. The maximum Gasteiger partial charge on any atom is 0.248 e. The summed E-state index contributed by atoms with van der Waals surface area (Å²) >= 11 is 0. The van der Waals surface area contributed by atoms with E-state index in [0.717, 1.165) is 56.0 Å². The molecule has 0 aliphatic carbocycles. The van der Waals surface area contributed by atoms with E-state index in [2.05, 4.69) is 166 Å². The van der Waals surface area contributed by atoms with Gasteiger partial charge in [0.2, 0.25) is 11.8 Å². The molecule has 51 heavy (non-hydrogen) atoms. The fourth-order valence-electron chi connectivity index (χ4n) is 6.87. The summed E-state index contributed by atoms with van der Waals surface area (Å²) in [5.74, 6) is 0.962. The van der Waals surface area contributed by atoms with E-state index in [-0.39, 0.29) is 0 Å². The molecule has 9 aromatic rings. The Morgan fingerprint density at radius 1 is 0.333 bits per heavy atom. The van der Waals surface area contributed by atoms with Crippen LogP contribution in [-0.2, 0) is 0 Å². The van der Waals surface area contributed by atoms with Crippen molar-refractivity contribution in [2.75, 3.05) is 9.80 Å². The van der Waals surface area contributed by atoms with E-state index >= 15 is 0 Å². The second-order valence-electron chi connectivity index (χ2n) is 12.3. The summed E-state index contributed by atoms with van der Waals surface area (Å²) in [5.41, 5.74) is 8.11. The quantitative estimate of drug-likeness (QED) is 0.163. The Bertz CT molecular complexity index is 2600. The smallest absolute Gasteiger partial charge is 0.248 e. The van der Waals surface area contributed by atoms with Crippen LogP contribution in [0.5, 0.6) is 0 Å². The summed E-state index contributed by atoms with van der Waals surface area (Å²) in [4.78, 5) is 4.68. The van der Waals surface area contributed by atoms with Crippen LogP contribution in [0, 0.1) is 0 Å². The van der Waals surface area contributed by atoms with E-state index < -0.39 is 0 Å². The van der Waals surface area contributed by atoms with Crippen molar-refractivity contribution in [1.29, 1.82) is 0 Å². The molecule has 0 aliphatic rings. The molecule has 0 atom stereocenters. The molecule has 0 spiro atoms. The van der Waals surface area contributed by atoms with Crippen molar-refractivity contribution in [3.8, 4) is 22.9 Å². The minimum Gasteiger partial charge on any atom is -0.416 e. The highest BCUT2D eigenvalue weighted by Crippen LogP contribution is 2.46. The summed E-state index contributed by atoms with van der Waals surface area (Å²) in [5, 5.41) is 13.4. The predicted molar refractivity (Wildman–Crippen MR) is 210 cm³/mol. The maximum absolute atomic E-state index is 6.18. The number of hydrogen-bond donors (Lipinski definition) is 0. The van der Waals surface area contributed by atoms with Crippen molar-refractivity contribution in [2.24, 2.45) is 0 Å². The highest BCUT2D eigenvalue weighted by Gasteiger charge is 2.22. The molecule has 0 N–H and O–H groups in total. The van der Waals surface area contributed by atoms with Crippen molar-refractivity contribution in [3.05, 3.63) is 194 Å². The molecule has 9 rings (SSSR count). The van der Waals surface area contributed by atoms with Gasteiger partial charge in [-0.1, -0.05) is 121 Å². The topological polar surface area (TPSA) is 45.4 Å². The van der Waals surface area contributed by atoms with Gasteiger partial charge in [-0.3, -0.25) is 0 Å². The zero-order valence-corrected chi connectivity index (χ0v) is 27.7. The molecule has 0 aliphatic heterocycles. The van der Waals surface area contributed by atoms with Gasteiger partial charge in [-0.05, 0) is 78.2 Å². The number of benzene rings is 8. The number of rotatable bonds is 8. The van der Waals surface area contributed by atoms with Gasteiger partial charge in [0.15, 0.2) is 0 Å². The predicted octanol–water partition coefficient (Wildman–Crippen LogP) is 12.6. The van der Waals surface area contributed by atoms with Crippen molar-refractivity contribution in [1.82, 2.24) is 10.2 Å². The standard InChI is InChI=1S/C46H32N4O/c1-4-17-34(18-5-1)45-47-48-46(51-45)35-20-14-25-38(32-35)49(36-21-6-2-7-22-36)43-30-31-44(41-28-13-12-27-40(41)43)50(37-23-8-3-9-24-37)42-29-15-19-33-16-10-11-26-39(33)42/h1-32H. The van der Waals surface area contributed by atoms with E-state index in [4.69, 9.17) is 4.42 Å². The third kappa shape index (κ3) is 5.67. The van der Waals surface area contributed by atoms with Crippen LogP contribution in [0.15, 0.2) is 199 Å². The monoisotopic (exact) mass is 656 g/mol. The van der Waals surface area contributed by atoms with Gasteiger partial charge in [0.1, 0.15) is 0 Å². The highest BCUT2D eigenvalue weighted by molar-refractivity contribution is 6.09. The van der Waals surface area contributed by atoms with Gasteiger partial charge in [-0.2, -0.15) is 0 Å². The van der Waals surface area contributed by atoms with Crippen LogP contribution in [0.4, 0.5) is 34.1 Å². The summed E-state index contributed by atoms with van der Waals surface area (Å²) in [6.45, 7) is 0. The molecule has 0 bridgehead atoms. The molecule has 0 fully saturated rings. The fourth-order valence-corrected chi connectivity index (χ4v) is 6.87. The number of hydrogen-bond acceptors (Lipinski definition) is 5. The molecule has 8 aromatic carbocycles. The molecule has 1 heterocycles. The Kier molecular flexibility index (Phi) is 7.76. The summed E-state index contributed by atoms with van der Waals surface area (Å²) < 4.78 is 6.18. The van der Waals surface area contributed by atoms with Gasteiger partial charge < -0.3 is 14.2 Å². The maximum atomic E-state index is 6.18. The Morgan fingerprint density at radius 3 is 1.47 bits per heavy atom. The SMILES string of the molecule is c1ccc(-c2nnc(-c3cccc(N(c4ccccc4)c4ccc(N(c5ccccc5)c5cccc6ccccc56)c5ccccc45)c3)o2)cc1. The van der Waals surface area contributed by atoms with E-state index in [9.17, 15) is 0 Å². The largest absolute Gasteiger partial charge is 0.416 e. The Labute approximate surface area is 296 Å². The first kappa shape index (κ1) is 30.1. The van der Waals surface area contributed by atoms with Gasteiger partial charge in [0.25, 0.3) is 0 Å². The van der Waals surface area contributed by atoms with Crippen molar-refractivity contribution in [2.45, 2.75) is 0 Å². The number of para-hydroxylation sites is 2. The molecule has 0 radical (unpaired) electrons. The first-order valence-corrected chi connectivity index (χ1v) is 17.0. The number of aromatic nitrogens is 2. The molecule has 5 nitrogen and oxygen atoms in total.